The van der Waals surface area contributed by atoms with Gasteiger partial charge in [-0.3, -0.25) is 9.69 Å². The molecule has 0 bridgehead atoms. The van der Waals surface area contributed by atoms with Crippen molar-refractivity contribution in [3.8, 4) is 0 Å². The van der Waals surface area contributed by atoms with Gasteiger partial charge in [0.05, 0.1) is 12.1 Å². The second-order valence-corrected chi connectivity index (χ2v) is 8.80. The van der Waals surface area contributed by atoms with E-state index >= 15 is 0 Å². The first-order valence-corrected chi connectivity index (χ1v) is 10.9. The van der Waals surface area contributed by atoms with Crippen LogP contribution in [0.2, 0.25) is 0 Å². The quantitative estimate of drug-likeness (QED) is 0.629. The minimum Gasteiger partial charge on any atom is -0.342 e. The highest BCUT2D eigenvalue weighted by molar-refractivity contribution is 5.88. The number of rotatable bonds is 4. The predicted molar refractivity (Wildman–Crippen MR) is 109 cm³/mol. The summed E-state index contributed by atoms with van der Waals surface area (Å²) in [5.41, 5.74) is -0.0982. The molecule has 2 aromatic rings. The van der Waals surface area contributed by atoms with Crippen LogP contribution in [0, 0.1) is 11.6 Å². The standard InChI is InChI=1S/C24H24F4N2O2/c25-17-12-16(13-18(26)14-17)19-6-7-20-30(19)23(31)24(32-20)8-10-29(11-9-24)21(22(27)28)15-4-2-1-3-5-15/h1-5,12-14,19-22H,6-11H2/t19-,20+,21?/m0/s1. The molecule has 3 saturated heterocycles. The van der Waals surface area contributed by atoms with E-state index in [1.165, 1.54) is 12.1 Å². The number of benzene rings is 2. The Morgan fingerprint density at radius 3 is 2.25 bits per heavy atom. The van der Waals surface area contributed by atoms with Gasteiger partial charge in [-0.05, 0) is 48.9 Å². The zero-order chi connectivity index (χ0) is 22.5. The third-order valence-electron chi connectivity index (χ3n) is 6.97. The van der Waals surface area contributed by atoms with Gasteiger partial charge in [0, 0.05) is 19.2 Å². The Kier molecular flexibility index (Phi) is 5.45. The van der Waals surface area contributed by atoms with Crippen molar-refractivity contribution < 1.29 is 27.1 Å². The third kappa shape index (κ3) is 3.59. The summed E-state index contributed by atoms with van der Waals surface area (Å²) in [6.45, 7) is 0.602. The fraction of sp³-hybridized carbons (Fsp3) is 0.458. The van der Waals surface area contributed by atoms with Crippen LogP contribution in [0.3, 0.4) is 0 Å². The molecule has 3 aliphatic rings. The summed E-state index contributed by atoms with van der Waals surface area (Å²) in [6.07, 6.45) is -1.27. The molecule has 170 valence electrons. The Morgan fingerprint density at radius 1 is 0.969 bits per heavy atom. The molecule has 0 aliphatic carbocycles. The Hall–Kier alpha value is -2.45. The molecule has 8 heteroatoms. The van der Waals surface area contributed by atoms with Crippen LogP contribution in [-0.4, -0.2) is 47.1 Å². The van der Waals surface area contributed by atoms with Crippen LogP contribution in [0.1, 0.15) is 48.9 Å². The molecule has 0 saturated carbocycles. The Labute approximate surface area is 183 Å². The van der Waals surface area contributed by atoms with Crippen molar-refractivity contribution in [3.63, 3.8) is 0 Å². The van der Waals surface area contributed by atoms with Crippen LogP contribution in [0.5, 0.6) is 0 Å². The predicted octanol–water partition coefficient (Wildman–Crippen LogP) is 4.83. The number of amides is 1. The van der Waals surface area contributed by atoms with Crippen molar-refractivity contribution in [2.75, 3.05) is 13.1 Å². The molecule has 2 aromatic carbocycles. The first kappa shape index (κ1) is 21.4. The zero-order valence-corrected chi connectivity index (χ0v) is 17.4. The third-order valence-corrected chi connectivity index (χ3v) is 6.97. The number of nitrogens with zero attached hydrogens (tertiary/aromatic N) is 2. The van der Waals surface area contributed by atoms with Gasteiger partial charge in [-0.25, -0.2) is 17.6 Å². The van der Waals surface area contributed by atoms with Gasteiger partial charge >= 0.3 is 0 Å². The summed E-state index contributed by atoms with van der Waals surface area (Å²) in [7, 11) is 0. The lowest BCUT2D eigenvalue weighted by atomic mass is 9.88. The van der Waals surface area contributed by atoms with Gasteiger partial charge in [-0.1, -0.05) is 30.3 Å². The number of hydrogen-bond acceptors (Lipinski definition) is 3. The molecule has 1 spiro atoms. The van der Waals surface area contributed by atoms with Gasteiger partial charge in [0.15, 0.2) is 5.60 Å². The smallest absolute Gasteiger partial charge is 0.258 e. The number of likely N-dealkylation sites (tertiary alicyclic amines) is 1. The van der Waals surface area contributed by atoms with E-state index in [9.17, 15) is 22.4 Å². The average molecular weight is 448 g/mol. The number of carbonyl (C=O) groups excluding carboxylic acids is 1. The van der Waals surface area contributed by atoms with E-state index in [2.05, 4.69) is 0 Å². The molecule has 0 N–H and O–H groups in total. The van der Waals surface area contributed by atoms with Crippen LogP contribution in [0.4, 0.5) is 17.6 Å². The molecule has 5 rings (SSSR count). The Balaban J connectivity index is 1.33. The second-order valence-electron chi connectivity index (χ2n) is 8.80. The summed E-state index contributed by atoms with van der Waals surface area (Å²) >= 11 is 0. The van der Waals surface area contributed by atoms with Crippen molar-refractivity contribution in [2.45, 2.75) is 56.0 Å². The van der Waals surface area contributed by atoms with E-state index in [-0.39, 0.29) is 5.91 Å². The monoisotopic (exact) mass is 448 g/mol. The van der Waals surface area contributed by atoms with Crippen molar-refractivity contribution in [2.24, 2.45) is 0 Å². The first-order chi connectivity index (χ1) is 15.4. The van der Waals surface area contributed by atoms with Gasteiger partial charge in [0.2, 0.25) is 0 Å². The topological polar surface area (TPSA) is 32.8 Å². The largest absolute Gasteiger partial charge is 0.342 e. The molecule has 1 amide bonds. The minimum absolute atomic E-state index is 0.206. The van der Waals surface area contributed by atoms with Crippen LogP contribution >= 0.6 is 0 Å². The number of halogens is 4. The summed E-state index contributed by atoms with van der Waals surface area (Å²) in [4.78, 5) is 16.8. The number of ether oxygens (including phenoxy) is 1. The molecule has 0 radical (unpaired) electrons. The number of alkyl halides is 2. The van der Waals surface area contributed by atoms with Gasteiger partial charge < -0.3 is 9.64 Å². The van der Waals surface area contributed by atoms with Crippen LogP contribution in [-0.2, 0) is 9.53 Å². The van der Waals surface area contributed by atoms with Gasteiger partial charge in [0.25, 0.3) is 12.3 Å². The Morgan fingerprint density at radius 2 is 1.62 bits per heavy atom. The summed E-state index contributed by atoms with van der Waals surface area (Å²) < 4.78 is 61.5. The molecular formula is C24H24F4N2O2. The molecular weight excluding hydrogens is 424 g/mol. The summed E-state index contributed by atoms with van der Waals surface area (Å²) in [6, 6.07) is 10.5. The van der Waals surface area contributed by atoms with E-state index in [1.54, 1.807) is 40.1 Å². The van der Waals surface area contributed by atoms with Crippen LogP contribution in [0.15, 0.2) is 48.5 Å². The van der Waals surface area contributed by atoms with Gasteiger partial charge in [-0.2, -0.15) is 0 Å². The number of piperidine rings is 1. The Bertz CT molecular complexity index is 974. The van der Waals surface area contributed by atoms with Crippen molar-refractivity contribution in [1.29, 1.82) is 0 Å². The molecule has 32 heavy (non-hydrogen) atoms. The molecule has 3 fully saturated rings. The second kappa shape index (κ2) is 8.15. The fourth-order valence-electron chi connectivity index (χ4n) is 5.47. The number of carbonyl (C=O) groups is 1. The SMILES string of the molecule is O=C1N2[C@@H](CC[C@H]2c2cc(F)cc(F)c2)OC12CCN(C(c1ccccc1)C(F)F)CC2. The average Bonchev–Trinajstić information content (AvgIpc) is 3.28. The molecule has 3 atom stereocenters. The molecule has 1 unspecified atom stereocenters. The normalized spacial score (nSPS) is 26.2. The highest BCUT2D eigenvalue weighted by Crippen LogP contribution is 2.48. The summed E-state index contributed by atoms with van der Waals surface area (Å²) in [5, 5.41) is 0. The summed E-state index contributed by atoms with van der Waals surface area (Å²) in [5.74, 6) is -1.57. The van der Waals surface area contributed by atoms with Crippen LogP contribution < -0.4 is 0 Å². The highest BCUT2D eigenvalue weighted by atomic mass is 19.3. The van der Waals surface area contributed by atoms with Crippen molar-refractivity contribution in [3.05, 3.63) is 71.3 Å². The van der Waals surface area contributed by atoms with Gasteiger partial charge in [0.1, 0.15) is 17.9 Å². The lowest BCUT2D eigenvalue weighted by Gasteiger charge is -2.41. The zero-order valence-electron chi connectivity index (χ0n) is 17.4. The van der Waals surface area contributed by atoms with E-state index < -0.39 is 42.0 Å². The van der Waals surface area contributed by atoms with E-state index in [1.807, 2.05) is 0 Å². The lowest BCUT2D eigenvalue weighted by molar-refractivity contribution is -0.145. The van der Waals surface area contributed by atoms with E-state index in [0.717, 1.165) is 6.07 Å². The molecule has 0 aromatic heterocycles. The van der Waals surface area contributed by atoms with E-state index in [4.69, 9.17) is 4.74 Å². The fourth-order valence-corrected chi connectivity index (χ4v) is 5.47. The molecule has 3 heterocycles. The highest BCUT2D eigenvalue weighted by Gasteiger charge is 2.58. The number of hydrogen-bond donors (Lipinski definition) is 0. The molecule has 3 aliphatic heterocycles. The number of fused-ring (bicyclic) bond motifs is 1. The molecule has 4 nitrogen and oxygen atoms in total. The van der Waals surface area contributed by atoms with Gasteiger partial charge in [-0.15, -0.1) is 0 Å². The lowest BCUT2D eigenvalue weighted by Crippen LogP contribution is -2.51. The van der Waals surface area contributed by atoms with Crippen LogP contribution in [0.25, 0.3) is 0 Å². The van der Waals surface area contributed by atoms with Crippen molar-refractivity contribution in [1.82, 2.24) is 9.80 Å². The maximum atomic E-state index is 13.9. The first-order valence-electron chi connectivity index (χ1n) is 10.9. The maximum absolute atomic E-state index is 13.9. The minimum atomic E-state index is -2.55. The maximum Gasteiger partial charge on any atom is 0.258 e. The van der Waals surface area contributed by atoms with E-state index in [0.29, 0.717) is 49.9 Å². The van der Waals surface area contributed by atoms with Crippen molar-refractivity contribution >= 4 is 5.91 Å².